The van der Waals surface area contributed by atoms with Gasteiger partial charge in [0.05, 0.1) is 18.4 Å². The Hall–Kier alpha value is -2.57. The van der Waals surface area contributed by atoms with E-state index in [9.17, 15) is 18.0 Å². The van der Waals surface area contributed by atoms with Crippen molar-refractivity contribution in [1.82, 2.24) is 4.98 Å². The minimum Gasteiger partial charge on any atom is -0.465 e. The molecule has 0 fully saturated rings. The summed E-state index contributed by atoms with van der Waals surface area (Å²) in [6.07, 6.45) is -3.56. The Kier molecular flexibility index (Phi) is 4.11. The normalized spacial score (nSPS) is 11.0. The summed E-state index contributed by atoms with van der Waals surface area (Å²) < 4.78 is 45.5. The van der Waals surface area contributed by atoms with Gasteiger partial charge >= 0.3 is 12.3 Å². The number of nitrogens with zero attached hydrogens (tertiary/aromatic N) is 1. The van der Waals surface area contributed by atoms with Crippen molar-refractivity contribution in [3.8, 4) is 17.0 Å². The number of benzene rings is 1. The van der Waals surface area contributed by atoms with Gasteiger partial charge in [-0.25, -0.2) is 4.79 Å². The molecule has 21 heavy (non-hydrogen) atoms. The van der Waals surface area contributed by atoms with Crippen molar-refractivity contribution in [2.75, 3.05) is 7.11 Å². The Balaban J connectivity index is 2.36. The van der Waals surface area contributed by atoms with Crippen molar-refractivity contribution in [2.45, 2.75) is 6.36 Å². The average molecular weight is 297 g/mol. The van der Waals surface area contributed by atoms with Crippen LogP contribution >= 0.6 is 0 Å². The van der Waals surface area contributed by atoms with Gasteiger partial charge in [0.15, 0.2) is 0 Å². The number of methoxy groups -OCH3 is 1. The number of ether oxygens (including phenoxy) is 2. The third-order valence-corrected chi connectivity index (χ3v) is 2.57. The molecule has 0 aliphatic rings. The number of rotatable bonds is 3. The fourth-order valence-electron chi connectivity index (χ4n) is 1.68. The molecule has 0 bridgehead atoms. The third kappa shape index (κ3) is 3.71. The summed E-state index contributed by atoms with van der Waals surface area (Å²) in [6.45, 7) is 0. The van der Waals surface area contributed by atoms with Crippen LogP contribution in [0.25, 0.3) is 11.3 Å². The molecule has 0 aliphatic carbocycles. The van der Waals surface area contributed by atoms with Crippen LogP contribution in [0.15, 0.2) is 42.6 Å². The molecular weight excluding hydrogens is 287 g/mol. The molecular formula is C14H10F3NO3. The van der Waals surface area contributed by atoms with Crippen LogP contribution in [0.4, 0.5) is 13.2 Å². The van der Waals surface area contributed by atoms with Gasteiger partial charge in [-0.3, -0.25) is 4.98 Å². The van der Waals surface area contributed by atoms with Crippen LogP contribution < -0.4 is 4.74 Å². The number of esters is 1. The van der Waals surface area contributed by atoms with Crippen LogP contribution in [0, 0.1) is 0 Å². The number of pyridine rings is 1. The number of halogens is 3. The lowest BCUT2D eigenvalue weighted by atomic mass is 10.1. The van der Waals surface area contributed by atoms with E-state index < -0.39 is 12.3 Å². The number of hydrogen-bond donors (Lipinski definition) is 0. The SMILES string of the molecule is COC(=O)c1ccc(-c2ccccc2OC(F)(F)F)nc1. The third-order valence-electron chi connectivity index (χ3n) is 2.57. The van der Waals surface area contributed by atoms with Crippen LogP contribution in [0.3, 0.4) is 0 Å². The fraction of sp³-hybridized carbons (Fsp3) is 0.143. The fourth-order valence-corrected chi connectivity index (χ4v) is 1.68. The maximum absolute atomic E-state index is 12.3. The van der Waals surface area contributed by atoms with Crippen LogP contribution in [-0.4, -0.2) is 24.4 Å². The van der Waals surface area contributed by atoms with E-state index in [1.165, 1.54) is 43.6 Å². The second-order valence-corrected chi connectivity index (χ2v) is 3.97. The molecule has 7 heteroatoms. The van der Waals surface area contributed by atoms with E-state index in [2.05, 4.69) is 14.5 Å². The largest absolute Gasteiger partial charge is 0.573 e. The van der Waals surface area contributed by atoms with E-state index in [1.54, 1.807) is 6.07 Å². The van der Waals surface area contributed by atoms with Crippen molar-refractivity contribution in [3.63, 3.8) is 0 Å². The highest BCUT2D eigenvalue weighted by atomic mass is 19.4. The quantitative estimate of drug-likeness (QED) is 0.814. The molecule has 0 aliphatic heterocycles. The van der Waals surface area contributed by atoms with Gasteiger partial charge in [-0.15, -0.1) is 13.2 Å². The molecule has 1 aromatic heterocycles. The zero-order valence-electron chi connectivity index (χ0n) is 10.8. The second kappa shape index (κ2) is 5.82. The Labute approximate surface area is 118 Å². The molecule has 0 saturated carbocycles. The Morgan fingerprint density at radius 1 is 1.14 bits per heavy atom. The topological polar surface area (TPSA) is 48.4 Å². The van der Waals surface area contributed by atoms with Crippen molar-refractivity contribution < 1.29 is 27.4 Å². The smallest absolute Gasteiger partial charge is 0.465 e. The lowest BCUT2D eigenvalue weighted by Crippen LogP contribution is -2.17. The molecule has 0 radical (unpaired) electrons. The lowest BCUT2D eigenvalue weighted by molar-refractivity contribution is -0.274. The number of alkyl halides is 3. The molecule has 0 amide bonds. The summed E-state index contributed by atoms with van der Waals surface area (Å²) in [7, 11) is 1.22. The highest BCUT2D eigenvalue weighted by molar-refractivity contribution is 5.89. The number of carbonyl (C=O) groups is 1. The highest BCUT2D eigenvalue weighted by Crippen LogP contribution is 2.32. The standard InChI is InChI=1S/C14H10F3NO3/c1-20-13(19)9-6-7-11(18-8-9)10-4-2-3-5-12(10)21-14(15,16)17/h2-8H,1H3. The van der Waals surface area contributed by atoms with Crippen LogP contribution in [-0.2, 0) is 4.74 Å². The van der Waals surface area contributed by atoms with Crippen molar-refractivity contribution in [3.05, 3.63) is 48.2 Å². The van der Waals surface area contributed by atoms with E-state index in [0.717, 1.165) is 0 Å². The van der Waals surface area contributed by atoms with Gasteiger partial charge in [0.2, 0.25) is 0 Å². The van der Waals surface area contributed by atoms with Gasteiger partial charge in [-0.1, -0.05) is 12.1 Å². The molecule has 1 heterocycles. The molecule has 1 aromatic carbocycles. The summed E-state index contributed by atoms with van der Waals surface area (Å²) in [5, 5.41) is 0. The number of aromatic nitrogens is 1. The molecule has 0 saturated heterocycles. The molecule has 0 N–H and O–H groups in total. The molecule has 0 spiro atoms. The lowest BCUT2D eigenvalue weighted by Gasteiger charge is -2.12. The number of para-hydroxylation sites is 1. The van der Waals surface area contributed by atoms with Gasteiger partial charge in [0, 0.05) is 11.8 Å². The van der Waals surface area contributed by atoms with Crippen LogP contribution in [0.5, 0.6) is 5.75 Å². The molecule has 4 nitrogen and oxygen atoms in total. The zero-order chi connectivity index (χ0) is 15.5. The summed E-state index contributed by atoms with van der Waals surface area (Å²) in [4.78, 5) is 15.2. The second-order valence-electron chi connectivity index (χ2n) is 3.97. The monoisotopic (exact) mass is 297 g/mol. The Morgan fingerprint density at radius 3 is 2.43 bits per heavy atom. The maximum atomic E-state index is 12.3. The number of carbonyl (C=O) groups excluding carboxylic acids is 1. The number of hydrogen-bond acceptors (Lipinski definition) is 4. The van der Waals surface area contributed by atoms with Gasteiger partial charge in [0.25, 0.3) is 0 Å². The molecule has 0 atom stereocenters. The predicted molar refractivity (Wildman–Crippen MR) is 67.7 cm³/mol. The van der Waals surface area contributed by atoms with Crippen LogP contribution in [0.2, 0.25) is 0 Å². The summed E-state index contributed by atoms with van der Waals surface area (Å²) in [6, 6.07) is 8.46. The molecule has 0 unspecified atom stereocenters. The first-order valence-corrected chi connectivity index (χ1v) is 5.80. The van der Waals surface area contributed by atoms with Crippen molar-refractivity contribution >= 4 is 5.97 Å². The van der Waals surface area contributed by atoms with Crippen molar-refractivity contribution in [1.29, 1.82) is 0 Å². The van der Waals surface area contributed by atoms with E-state index in [0.29, 0.717) is 0 Å². The van der Waals surface area contributed by atoms with Crippen molar-refractivity contribution in [2.24, 2.45) is 0 Å². The summed E-state index contributed by atoms with van der Waals surface area (Å²) in [5.74, 6) is -0.933. The van der Waals surface area contributed by atoms with E-state index >= 15 is 0 Å². The Morgan fingerprint density at radius 2 is 1.86 bits per heavy atom. The molecule has 2 rings (SSSR count). The minimum absolute atomic E-state index is 0.172. The minimum atomic E-state index is -4.79. The molecule has 2 aromatic rings. The first-order chi connectivity index (χ1) is 9.90. The van der Waals surface area contributed by atoms with Gasteiger partial charge in [-0.05, 0) is 24.3 Å². The zero-order valence-corrected chi connectivity index (χ0v) is 10.8. The van der Waals surface area contributed by atoms with Crippen LogP contribution in [0.1, 0.15) is 10.4 Å². The van der Waals surface area contributed by atoms with E-state index in [1.807, 2.05) is 0 Å². The van der Waals surface area contributed by atoms with Gasteiger partial charge in [-0.2, -0.15) is 0 Å². The van der Waals surface area contributed by atoms with Gasteiger partial charge < -0.3 is 9.47 Å². The molecule has 110 valence electrons. The highest BCUT2D eigenvalue weighted by Gasteiger charge is 2.32. The maximum Gasteiger partial charge on any atom is 0.573 e. The van der Waals surface area contributed by atoms with E-state index in [4.69, 9.17) is 0 Å². The average Bonchev–Trinajstić information content (AvgIpc) is 2.45. The first-order valence-electron chi connectivity index (χ1n) is 5.80. The summed E-state index contributed by atoms with van der Waals surface area (Å²) >= 11 is 0. The predicted octanol–water partition coefficient (Wildman–Crippen LogP) is 3.43. The first kappa shape index (κ1) is 14.8. The van der Waals surface area contributed by atoms with Gasteiger partial charge in [0.1, 0.15) is 5.75 Å². The van der Waals surface area contributed by atoms with E-state index in [-0.39, 0.29) is 22.6 Å². The summed E-state index contributed by atoms with van der Waals surface area (Å²) in [5.41, 5.74) is 0.629. The Bertz CT molecular complexity index is 639.